The predicted octanol–water partition coefficient (Wildman–Crippen LogP) is 2.90. The smallest absolute Gasteiger partial charge is 0.356 e. The topological polar surface area (TPSA) is 29.3 Å². The SMILES string of the molecule is CCC(N)N1CCc2cc(F)c(C(F)(F)F)cc21. The summed E-state index contributed by atoms with van der Waals surface area (Å²) in [5, 5.41) is 0. The zero-order chi connectivity index (χ0) is 13.5. The van der Waals surface area contributed by atoms with Gasteiger partial charge in [0.25, 0.3) is 0 Å². The van der Waals surface area contributed by atoms with Gasteiger partial charge in [0.05, 0.1) is 11.7 Å². The Morgan fingerprint density at radius 1 is 1.39 bits per heavy atom. The summed E-state index contributed by atoms with van der Waals surface area (Å²) in [4.78, 5) is 1.70. The van der Waals surface area contributed by atoms with Gasteiger partial charge >= 0.3 is 6.18 Å². The van der Waals surface area contributed by atoms with Crippen LogP contribution in [0, 0.1) is 5.82 Å². The molecule has 0 saturated heterocycles. The minimum absolute atomic E-state index is 0.335. The third-order valence-corrected chi connectivity index (χ3v) is 3.22. The quantitative estimate of drug-likeness (QED) is 0.830. The summed E-state index contributed by atoms with van der Waals surface area (Å²) in [6, 6.07) is 1.84. The van der Waals surface area contributed by atoms with E-state index >= 15 is 0 Å². The molecule has 2 nitrogen and oxygen atoms in total. The Hall–Kier alpha value is -1.30. The van der Waals surface area contributed by atoms with Crippen LogP contribution in [0.15, 0.2) is 12.1 Å². The Labute approximate surface area is 102 Å². The lowest BCUT2D eigenvalue weighted by molar-refractivity contribution is -0.139. The summed E-state index contributed by atoms with van der Waals surface area (Å²) in [5.74, 6) is -1.21. The van der Waals surface area contributed by atoms with Crippen LogP contribution in [0.2, 0.25) is 0 Å². The molecular weight excluding hydrogens is 248 g/mol. The molecule has 6 heteroatoms. The van der Waals surface area contributed by atoms with Crippen LogP contribution < -0.4 is 10.6 Å². The van der Waals surface area contributed by atoms with Crippen molar-refractivity contribution < 1.29 is 17.6 Å². The van der Waals surface area contributed by atoms with Gasteiger partial charge in [0, 0.05) is 12.2 Å². The molecule has 1 heterocycles. The third kappa shape index (κ3) is 2.16. The maximum absolute atomic E-state index is 13.4. The number of nitrogens with two attached hydrogens (primary N) is 1. The van der Waals surface area contributed by atoms with E-state index in [-0.39, 0.29) is 6.17 Å². The van der Waals surface area contributed by atoms with Crippen LogP contribution in [0.25, 0.3) is 0 Å². The fraction of sp³-hybridized carbons (Fsp3) is 0.500. The van der Waals surface area contributed by atoms with E-state index in [0.717, 1.165) is 12.1 Å². The van der Waals surface area contributed by atoms with Gasteiger partial charge in [-0.25, -0.2) is 4.39 Å². The van der Waals surface area contributed by atoms with Crippen LogP contribution in [0.3, 0.4) is 0 Å². The molecule has 0 aliphatic carbocycles. The van der Waals surface area contributed by atoms with Gasteiger partial charge in [-0.2, -0.15) is 13.2 Å². The highest BCUT2D eigenvalue weighted by Gasteiger charge is 2.36. The van der Waals surface area contributed by atoms with E-state index in [0.29, 0.717) is 30.6 Å². The van der Waals surface area contributed by atoms with E-state index in [1.165, 1.54) is 0 Å². The fourth-order valence-corrected chi connectivity index (χ4v) is 2.21. The zero-order valence-electron chi connectivity index (χ0n) is 9.89. The van der Waals surface area contributed by atoms with Crippen molar-refractivity contribution in [3.63, 3.8) is 0 Å². The number of alkyl halides is 3. The lowest BCUT2D eigenvalue weighted by atomic mass is 10.1. The van der Waals surface area contributed by atoms with Gasteiger partial charge in [-0.1, -0.05) is 6.92 Å². The van der Waals surface area contributed by atoms with Crippen LogP contribution in [0.1, 0.15) is 24.5 Å². The first kappa shape index (κ1) is 13.1. The molecule has 18 heavy (non-hydrogen) atoms. The average Bonchev–Trinajstić information content (AvgIpc) is 2.68. The normalized spacial score (nSPS) is 16.9. The van der Waals surface area contributed by atoms with Crippen LogP contribution in [0.4, 0.5) is 23.2 Å². The molecule has 0 radical (unpaired) electrons. The number of halogens is 4. The standard InChI is InChI=1S/C12H14F4N2/c1-2-11(17)18-4-3-7-5-9(13)8(6-10(7)18)12(14,15)16/h5-6,11H,2-4,17H2,1H3. The van der Waals surface area contributed by atoms with Gasteiger partial charge in [0.15, 0.2) is 0 Å². The van der Waals surface area contributed by atoms with E-state index in [1.54, 1.807) is 4.90 Å². The van der Waals surface area contributed by atoms with Crippen molar-refractivity contribution in [1.82, 2.24) is 0 Å². The van der Waals surface area contributed by atoms with Crippen LogP contribution >= 0.6 is 0 Å². The van der Waals surface area contributed by atoms with Gasteiger partial charge < -0.3 is 10.6 Å². The minimum atomic E-state index is -4.68. The Morgan fingerprint density at radius 2 is 2.06 bits per heavy atom. The van der Waals surface area contributed by atoms with Crippen molar-refractivity contribution in [2.45, 2.75) is 32.1 Å². The first-order valence-corrected chi connectivity index (χ1v) is 5.76. The van der Waals surface area contributed by atoms with Crippen LogP contribution in [-0.2, 0) is 12.6 Å². The minimum Gasteiger partial charge on any atom is -0.356 e. The Kier molecular flexibility index (Phi) is 3.23. The van der Waals surface area contributed by atoms with Crippen molar-refractivity contribution in [3.8, 4) is 0 Å². The molecule has 0 bridgehead atoms. The van der Waals surface area contributed by atoms with E-state index in [9.17, 15) is 17.6 Å². The number of nitrogens with zero attached hydrogens (tertiary/aromatic N) is 1. The molecule has 2 rings (SSSR count). The lowest BCUT2D eigenvalue weighted by Gasteiger charge is -2.26. The molecule has 1 aromatic rings. The monoisotopic (exact) mass is 262 g/mol. The molecule has 1 aliphatic rings. The molecule has 1 aliphatic heterocycles. The summed E-state index contributed by atoms with van der Waals surface area (Å²) in [6.07, 6.45) is -3.86. The van der Waals surface area contributed by atoms with Gasteiger partial charge in [-0.15, -0.1) is 0 Å². The molecule has 2 N–H and O–H groups in total. The highest BCUT2D eigenvalue weighted by atomic mass is 19.4. The van der Waals surface area contributed by atoms with E-state index in [4.69, 9.17) is 5.73 Å². The molecule has 0 aromatic heterocycles. The Balaban J connectivity index is 2.46. The highest BCUT2D eigenvalue weighted by Crippen LogP contribution is 2.38. The molecule has 100 valence electrons. The summed E-state index contributed by atoms with van der Waals surface area (Å²) >= 11 is 0. The summed E-state index contributed by atoms with van der Waals surface area (Å²) in [5.41, 5.74) is 5.60. The fourth-order valence-electron chi connectivity index (χ4n) is 2.21. The molecule has 1 atom stereocenters. The number of hydrogen-bond donors (Lipinski definition) is 1. The summed E-state index contributed by atoms with van der Waals surface area (Å²) < 4.78 is 51.3. The van der Waals surface area contributed by atoms with E-state index in [2.05, 4.69) is 0 Å². The molecule has 1 unspecified atom stereocenters. The van der Waals surface area contributed by atoms with Crippen molar-refractivity contribution in [2.75, 3.05) is 11.4 Å². The molecule has 0 amide bonds. The van der Waals surface area contributed by atoms with Crippen molar-refractivity contribution in [3.05, 3.63) is 29.1 Å². The zero-order valence-corrected chi connectivity index (χ0v) is 9.89. The Bertz CT molecular complexity index is 456. The number of fused-ring (bicyclic) bond motifs is 1. The summed E-state index contributed by atoms with van der Waals surface area (Å²) in [7, 11) is 0. The second kappa shape index (κ2) is 4.42. The van der Waals surface area contributed by atoms with E-state index < -0.39 is 17.6 Å². The number of anilines is 1. The molecule has 0 fully saturated rings. The van der Waals surface area contributed by atoms with Crippen molar-refractivity contribution in [2.24, 2.45) is 5.73 Å². The van der Waals surface area contributed by atoms with Gasteiger partial charge in [0.1, 0.15) is 5.82 Å². The second-order valence-corrected chi connectivity index (χ2v) is 4.38. The average molecular weight is 262 g/mol. The largest absolute Gasteiger partial charge is 0.419 e. The molecular formula is C12H14F4N2. The third-order valence-electron chi connectivity index (χ3n) is 3.22. The van der Waals surface area contributed by atoms with Gasteiger partial charge in [0.2, 0.25) is 0 Å². The van der Waals surface area contributed by atoms with Crippen molar-refractivity contribution >= 4 is 5.69 Å². The maximum Gasteiger partial charge on any atom is 0.419 e. The molecule has 0 saturated carbocycles. The van der Waals surface area contributed by atoms with Crippen LogP contribution in [0.5, 0.6) is 0 Å². The lowest BCUT2D eigenvalue weighted by Crippen LogP contribution is -2.40. The predicted molar refractivity (Wildman–Crippen MR) is 60.7 cm³/mol. The van der Waals surface area contributed by atoms with E-state index in [1.807, 2.05) is 6.92 Å². The summed E-state index contributed by atoms with van der Waals surface area (Å²) in [6.45, 7) is 2.39. The van der Waals surface area contributed by atoms with Gasteiger partial charge in [-0.3, -0.25) is 0 Å². The van der Waals surface area contributed by atoms with Crippen molar-refractivity contribution in [1.29, 1.82) is 0 Å². The molecule has 1 aromatic carbocycles. The highest BCUT2D eigenvalue weighted by molar-refractivity contribution is 5.60. The first-order valence-electron chi connectivity index (χ1n) is 5.76. The molecule has 0 spiro atoms. The van der Waals surface area contributed by atoms with Crippen LogP contribution in [-0.4, -0.2) is 12.7 Å². The van der Waals surface area contributed by atoms with Gasteiger partial charge in [-0.05, 0) is 30.5 Å². The number of hydrogen-bond acceptors (Lipinski definition) is 2. The number of benzene rings is 1. The Morgan fingerprint density at radius 3 is 2.61 bits per heavy atom. The first-order chi connectivity index (χ1) is 8.34. The number of rotatable bonds is 2. The second-order valence-electron chi connectivity index (χ2n) is 4.38. The maximum atomic E-state index is 13.4.